The highest BCUT2D eigenvalue weighted by atomic mass is 19.1. The van der Waals surface area contributed by atoms with Crippen molar-refractivity contribution in [1.29, 1.82) is 0 Å². The molecule has 2 amide bonds. The van der Waals surface area contributed by atoms with Crippen LogP contribution in [-0.2, 0) is 17.9 Å². The first-order chi connectivity index (χ1) is 15.4. The van der Waals surface area contributed by atoms with Gasteiger partial charge in [-0.15, -0.1) is 0 Å². The Morgan fingerprint density at radius 3 is 2.72 bits per heavy atom. The standard InChI is InChI=1S/C21H21F2N7O2/c1-24-21(32)14-2-3-15(20(23)26-14)29-6-4-28(5-7-29)10-13-8-12-9-25-30-11-16(31)27-18(17(13)22)19(12)30/h2-3,8-9H,4-7,10-11H2,1H3,(H,24,32)(H,27,31). The number of piperazine rings is 1. The summed E-state index contributed by atoms with van der Waals surface area (Å²) in [4.78, 5) is 31.2. The number of halogens is 2. The lowest BCUT2D eigenvalue weighted by atomic mass is 10.1. The molecule has 1 saturated heterocycles. The first-order valence-electron chi connectivity index (χ1n) is 10.3. The molecule has 1 fully saturated rings. The molecule has 0 saturated carbocycles. The molecule has 0 atom stereocenters. The van der Waals surface area contributed by atoms with Gasteiger partial charge in [0.2, 0.25) is 11.9 Å². The van der Waals surface area contributed by atoms with Crippen LogP contribution in [-0.4, -0.2) is 64.7 Å². The summed E-state index contributed by atoms with van der Waals surface area (Å²) in [6, 6.07) is 4.82. The van der Waals surface area contributed by atoms with Crippen molar-refractivity contribution in [3.8, 4) is 0 Å². The van der Waals surface area contributed by atoms with Crippen LogP contribution >= 0.6 is 0 Å². The van der Waals surface area contributed by atoms with Gasteiger partial charge in [-0.1, -0.05) is 0 Å². The normalized spacial score (nSPS) is 16.3. The van der Waals surface area contributed by atoms with Gasteiger partial charge < -0.3 is 15.5 Å². The number of anilines is 2. The highest BCUT2D eigenvalue weighted by molar-refractivity contribution is 6.04. The molecule has 2 aliphatic heterocycles. The fraction of sp³-hybridized carbons (Fsp3) is 0.333. The molecule has 0 spiro atoms. The van der Waals surface area contributed by atoms with Crippen molar-refractivity contribution in [2.45, 2.75) is 13.1 Å². The maximum atomic E-state index is 15.2. The third-order valence-corrected chi connectivity index (χ3v) is 5.89. The second kappa shape index (κ2) is 7.83. The van der Waals surface area contributed by atoms with Crippen LogP contribution in [0.2, 0.25) is 0 Å². The summed E-state index contributed by atoms with van der Waals surface area (Å²) >= 11 is 0. The molecule has 0 radical (unpaired) electrons. The third kappa shape index (κ3) is 3.44. The number of aromatic nitrogens is 3. The summed E-state index contributed by atoms with van der Waals surface area (Å²) in [5.41, 5.74) is 1.61. The number of rotatable bonds is 4. The molecule has 166 valence electrons. The number of hydrogen-bond acceptors (Lipinski definition) is 6. The minimum Gasteiger partial charge on any atom is -0.365 e. The molecule has 9 nitrogen and oxygen atoms in total. The van der Waals surface area contributed by atoms with Gasteiger partial charge in [-0.25, -0.2) is 9.37 Å². The SMILES string of the molecule is CNC(=O)c1ccc(N2CCN(Cc3cc4cnn5c4c(c3F)NC(=O)C5)CC2)c(F)n1. The molecule has 3 aromatic rings. The van der Waals surface area contributed by atoms with Gasteiger partial charge >= 0.3 is 0 Å². The molecule has 2 aromatic heterocycles. The quantitative estimate of drug-likeness (QED) is 0.594. The molecular formula is C21H21F2N7O2. The number of pyridine rings is 1. The van der Waals surface area contributed by atoms with Gasteiger partial charge in [-0.3, -0.25) is 19.2 Å². The number of amides is 2. The molecular weight excluding hydrogens is 420 g/mol. The number of carbonyl (C=O) groups is 2. The van der Waals surface area contributed by atoms with Crippen LogP contribution in [0, 0.1) is 11.8 Å². The van der Waals surface area contributed by atoms with E-state index < -0.39 is 17.7 Å². The summed E-state index contributed by atoms with van der Waals surface area (Å²) in [5.74, 6) is -1.89. The molecule has 32 heavy (non-hydrogen) atoms. The van der Waals surface area contributed by atoms with E-state index in [-0.39, 0.29) is 23.8 Å². The van der Waals surface area contributed by atoms with E-state index in [9.17, 15) is 14.0 Å². The predicted octanol–water partition coefficient (Wildman–Crippen LogP) is 1.34. The topological polar surface area (TPSA) is 95.4 Å². The number of nitrogens with zero attached hydrogens (tertiary/aromatic N) is 5. The molecule has 2 N–H and O–H groups in total. The van der Waals surface area contributed by atoms with Crippen LogP contribution in [0.25, 0.3) is 10.9 Å². The Bertz CT molecular complexity index is 1230. The maximum absolute atomic E-state index is 15.2. The fourth-order valence-electron chi connectivity index (χ4n) is 4.26. The Morgan fingerprint density at radius 1 is 1.22 bits per heavy atom. The van der Waals surface area contributed by atoms with E-state index in [1.54, 1.807) is 18.3 Å². The van der Waals surface area contributed by atoms with Crippen molar-refractivity contribution in [1.82, 2.24) is 25.0 Å². The number of hydrogen-bond donors (Lipinski definition) is 2. The van der Waals surface area contributed by atoms with E-state index in [4.69, 9.17) is 0 Å². The molecule has 4 heterocycles. The van der Waals surface area contributed by atoms with Gasteiger partial charge in [0, 0.05) is 50.7 Å². The lowest BCUT2D eigenvalue weighted by Crippen LogP contribution is -2.46. The van der Waals surface area contributed by atoms with Gasteiger partial charge in [-0.2, -0.15) is 9.49 Å². The zero-order valence-electron chi connectivity index (χ0n) is 17.4. The Morgan fingerprint density at radius 2 is 2.00 bits per heavy atom. The molecule has 5 rings (SSSR count). The van der Waals surface area contributed by atoms with Gasteiger partial charge in [0.1, 0.15) is 17.9 Å². The van der Waals surface area contributed by atoms with E-state index in [1.807, 2.05) is 4.90 Å². The lowest BCUT2D eigenvalue weighted by molar-refractivity contribution is -0.117. The minimum absolute atomic E-state index is 0.0256. The van der Waals surface area contributed by atoms with Gasteiger partial charge in [0.15, 0.2) is 5.82 Å². The van der Waals surface area contributed by atoms with E-state index in [0.717, 1.165) is 5.39 Å². The van der Waals surface area contributed by atoms with Gasteiger partial charge in [0.25, 0.3) is 5.91 Å². The number of benzene rings is 1. The van der Waals surface area contributed by atoms with Crippen molar-refractivity contribution in [2.24, 2.45) is 0 Å². The fourth-order valence-corrected chi connectivity index (χ4v) is 4.26. The Labute approximate surface area is 182 Å². The Hall–Kier alpha value is -3.60. The Balaban J connectivity index is 1.30. The van der Waals surface area contributed by atoms with Crippen LogP contribution in [0.1, 0.15) is 16.1 Å². The third-order valence-electron chi connectivity index (χ3n) is 5.89. The van der Waals surface area contributed by atoms with Crippen LogP contribution in [0.3, 0.4) is 0 Å². The first-order valence-corrected chi connectivity index (χ1v) is 10.3. The smallest absolute Gasteiger partial charge is 0.269 e. The van der Waals surface area contributed by atoms with Gasteiger partial charge in [-0.05, 0) is 18.2 Å². The maximum Gasteiger partial charge on any atom is 0.269 e. The van der Waals surface area contributed by atoms with Crippen molar-refractivity contribution < 1.29 is 18.4 Å². The highest BCUT2D eigenvalue weighted by Crippen LogP contribution is 2.32. The summed E-state index contributed by atoms with van der Waals surface area (Å²) in [6.07, 6.45) is 1.64. The van der Waals surface area contributed by atoms with E-state index in [0.29, 0.717) is 49.5 Å². The highest BCUT2D eigenvalue weighted by Gasteiger charge is 2.26. The second-order valence-corrected chi connectivity index (χ2v) is 7.86. The monoisotopic (exact) mass is 441 g/mol. The van der Waals surface area contributed by atoms with Crippen LogP contribution < -0.4 is 15.5 Å². The van der Waals surface area contributed by atoms with Gasteiger partial charge in [0.05, 0.1) is 17.4 Å². The van der Waals surface area contributed by atoms with E-state index >= 15 is 4.39 Å². The molecule has 0 unspecified atom stereocenters. The van der Waals surface area contributed by atoms with E-state index in [2.05, 4.69) is 25.6 Å². The zero-order chi connectivity index (χ0) is 22.4. The van der Waals surface area contributed by atoms with Crippen LogP contribution in [0.15, 0.2) is 24.4 Å². The van der Waals surface area contributed by atoms with Crippen LogP contribution in [0.5, 0.6) is 0 Å². The second-order valence-electron chi connectivity index (χ2n) is 7.86. The summed E-state index contributed by atoms with van der Waals surface area (Å²) in [5, 5.41) is 10.0. The molecule has 2 aliphatic rings. The van der Waals surface area contributed by atoms with E-state index in [1.165, 1.54) is 17.8 Å². The average molecular weight is 441 g/mol. The summed E-state index contributed by atoms with van der Waals surface area (Å²) in [6.45, 7) is 2.68. The molecule has 0 aliphatic carbocycles. The Kier molecular flexibility index (Phi) is 4.97. The molecule has 0 bridgehead atoms. The van der Waals surface area contributed by atoms with Crippen molar-refractivity contribution in [2.75, 3.05) is 43.4 Å². The zero-order valence-corrected chi connectivity index (χ0v) is 17.4. The largest absolute Gasteiger partial charge is 0.365 e. The van der Waals surface area contributed by atoms with Crippen molar-refractivity contribution >= 4 is 34.1 Å². The summed E-state index contributed by atoms with van der Waals surface area (Å²) in [7, 11) is 1.46. The average Bonchev–Trinajstić information content (AvgIpc) is 3.19. The van der Waals surface area contributed by atoms with Crippen LogP contribution in [0.4, 0.5) is 20.2 Å². The van der Waals surface area contributed by atoms with Crippen molar-refractivity contribution in [3.63, 3.8) is 0 Å². The summed E-state index contributed by atoms with van der Waals surface area (Å²) < 4.78 is 31.1. The number of carbonyl (C=O) groups excluding carboxylic acids is 2. The minimum atomic E-state index is -0.692. The molecule has 11 heteroatoms. The number of nitrogens with one attached hydrogen (secondary N) is 2. The predicted molar refractivity (Wildman–Crippen MR) is 113 cm³/mol. The lowest BCUT2D eigenvalue weighted by Gasteiger charge is -2.36. The van der Waals surface area contributed by atoms with Crippen molar-refractivity contribution in [3.05, 3.63) is 47.4 Å². The first kappa shape index (κ1) is 20.3. The molecule has 1 aromatic carbocycles.